The number of halogens is 1. The molecule has 1 aromatic heterocycles. The van der Waals surface area contributed by atoms with Crippen LogP contribution in [-0.2, 0) is 0 Å². The summed E-state index contributed by atoms with van der Waals surface area (Å²) in [6, 6.07) is 4.09. The van der Waals surface area contributed by atoms with Gasteiger partial charge in [-0.2, -0.15) is 4.98 Å². The van der Waals surface area contributed by atoms with Crippen LogP contribution in [0, 0.1) is 20.8 Å². The highest BCUT2D eigenvalue weighted by atomic mass is 79.9. The fraction of sp³-hybridized carbons (Fsp3) is 0.273. The van der Waals surface area contributed by atoms with E-state index >= 15 is 0 Å². The summed E-state index contributed by atoms with van der Waals surface area (Å²) in [5.74, 6) is 1.23. The molecule has 0 spiro atoms. The Morgan fingerprint density at radius 2 is 1.73 bits per heavy atom. The number of hydrogen-bond acceptors (Lipinski definition) is 3. The van der Waals surface area contributed by atoms with Gasteiger partial charge in [-0.15, -0.1) is 0 Å². The van der Waals surface area contributed by atoms with Crippen LogP contribution in [0.5, 0.6) is 0 Å². The molecule has 0 amide bonds. The summed E-state index contributed by atoms with van der Waals surface area (Å²) in [5.41, 5.74) is 3.34. The minimum absolute atomic E-state index is 0.586. The SMILES string of the molecule is Cc1nc(-c2cc(C)c(Br)c(C)c2)no1. The van der Waals surface area contributed by atoms with Crippen molar-refractivity contribution in [2.24, 2.45) is 0 Å². The lowest BCUT2D eigenvalue weighted by molar-refractivity contribution is 0.394. The molecule has 2 aromatic rings. The normalized spacial score (nSPS) is 10.7. The molecule has 0 fully saturated rings. The summed E-state index contributed by atoms with van der Waals surface area (Å²) in [5, 5.41) is 3.90. The van der Waals surface area contributed by atoms with E-state index in [2.05, 4.69) is 26.1 Å². The molecule has 78 valence electrons. The van der Waals surface area contributed by atoms with E-state index in [0.717, 1.165) is 10.0 Å². The number of aryl methyl sites for hydroxylation is 3. The Morgan fingerprint density at radius 3 is 2.20 bits per heavy atom. The minimum Gasteiger partial charge on any atom is -0.339 e. The Morgan fingerprint density at radius 1 is 1.13 bits per heavy atom. The van der Waals surface area contributed by atoms with E-state index in [-0.39, 0.29) is 0 Å². The van der Waals surface area contributed by atoms with Crippen LogP contribution >= 0.6 is 15.9 Å². The zero-order valence-corrected chi connectivity index (χ0v) is 10.4. The van der Waals surface area contributed by atoms with E-state index < -0.39 is 0 Å². The second-order valence-corrected chi connectivity index (χ2v) is 4.35. The monoisotopic (exact) mass is 266 g/mol. The fourth-order valence-electron chi connectivity index (χ4n) is 1.49. The van der Waals surface area contributed by atoms with E-state index in [0.29, 0.717) is 11.7 Å². The molecule has 4 heteroatoms. The Hall–Kier alpha value is -1.16. The van der Waals surface area contributed by atoms with Crippen LogP contribution in [0.2, 0.25) is 0 Å². The van der Waals surface area contributed by atoms with Gasteiger partial charge in [-0.1, -0.05) is 21.1 Å². The third-order valence-corrected chi connectivity index (χ3v) is 3.47. The first-order valence-electron chi connectivity index (χ1n) is 4.65. The van der Waals surface area contributed by atoms with Crippen LogP contribution in [0.1, 0.15) is 17.0 Å². The van der Waals surface area contributed by atoms with Crippen molar-refractivity contribution in [3.05, 3.63) is 33.6 Å². The fourth-order valence-corrected chi connectivity index (χ4v) is 1.72. The lowest BCUT2D eigenvalue weighted by Crippen LogP contribution is -1.87. The quantitative estimate of drug-likeness (QED) is 0.794. The highest BCUT2D eigenvalue weighted by Crippen LogP contribution is 2.26. The molecule has 0 N–H and O–H groups in total. The third kappa shape index (κ3) is 1.95. The summed E-state index contributed by atoms with van der Waals surface area (Å²) >= 11 is 3.53. The van der Waals surface area contributed by atoms with E-state index in [1.807, 2.05) is 26.0 Å². The molecular formula is C11H11BrN2O. The molecule has 0 aliphatic heterocycles. The zero-order chi connectivity index (χ0) is 11.0. The summed E-state index contributed by atoms with van der Waals surface area (Å²) in [4.78, 5) is 4.20. The van der Waals surface area contributed by atoms with Crippen LogP contribution in [0.15, 0.2) is 21.1 Å². The standard InChI is InChI=1S/C11H11BrN2O/c1-6-4-9(5-7(2)10(6)12)11-13-8(3)15-14-11/h4-5H,1-3H3. The van der Waals surface area contributed by atoms with E-state index in [1.165, 1.54) is 11.1 Å². The number of rotatable bonds is 1. The van der Waals surface area contributed by atoms with Crippen molar-refractivity contribution in [1.29, 1.82) is 0 Å². The number of nitrogens with zero attached hydrogens (tertiary/aromatic N) is 2. The van der Waals surface area contributed by atoms with Gasteiger partial charge in [-0.3, -0.25) is 0 Å². The van der Waals surface area contributed by atoms with Crippen LogP contribution < -0.4 is 0 Å². The molecule has 15 heavy (non-hydrogen) atoms. The zero-order valence-electron chi connectivity index (χ0n) is 8.84. The summed E-state index contributed by atoms with van der Waals surface area (Å²) in [7, 11) is 0. The average molecular weight is 267 g/mol. The maximum atomic E-state index is 4.96. The van der Waals surface area contributed by atoms with Crippen LogP contribution in [-0.4, -0.2) is 10.1 Å². The highest BCUT2D eigenvalue weighted by Gasteiger charge is 2.08. The molecule has 1 aromatic carbocycles. The number of aromatic nitrogens is 2. The van der Waals surface area contributed by atoms with Gasteiger partial charge in [0.05, 0.1) is 0 Å². The molecule has 0 aliphatic rings. The summed E-state index contributed by atoms with van der Waals surface area (Å²) in [6.07, 6.45) is 0. The predicted molar refractivity (Wildman–Crippen MR) is 61.6 cm³/mol. The molecule has 0 unspecified atom stereocenters. The number of hydrogen-bond donors (Lipinski definition) is 0. The first-order valence-corrected chi connectivity index (χ1v) is 5.44. The van der Waals surface area contributed by atoms with Gasteiger partial charge in [0.2, 0.25) is 11.7 Å². The van der Waals surface area contributed by atoms with Crippen LogP contribution in [0.25, 0.3) is 11.4 Å². The number of benzene rings is 1. The molecule has 0 bridgehead atoms. The van der Waals surface area contributed by atoms with Crippen molar-refractivity contribution >= 4 is 15.9 Å². The summed E-state index contributed by atoms with van der Waals surface area (Å²) < 4.78 is 6.09. The molecule has 0 aliphatic carbocycles. The van der Waals surface area contributed by atoms with Gasteiger partial charge in [-0.05, 0) is 37.1 Å². The van der Waals surface area contributed by atoms with Gasteiger partial charge in [0.25, 0.3) is 0 Å². The van der Waals surface area contributed by atoms with Crippen LogP contribution in [0.3, 0.4) is 0 Å². The second kappa shape index (κ2) is 3.77. The third-order valence-electron chi connectivity index (χ3n) is 2.22. The van der Waals surface area contributed by atoms with Crippen molar-refractivity contribution < 1.29 is 4.52 Å². The molecular weight excluding hydrogens is 256 g/mol. The average Bonchev–Trinajstić information content (AvgIpc) is 2.60. The highest BCUT2D eigenvalue weighted by molar-refractivity contribution is 9.10. The van der Waals surface area contributed by atoms with E-state index in [1.54, 1.807) is 6.92 Å². The largest absolute Gasteiger partial charge is 0.339 e. The molecule has 0 saturated carbocycles. The van der Waals surface area contributed by atoms with Crippen LogP contribution in [0.4, 0.5) is 0 Å². The lowest BCUT2D eigenvalue weighted by atomic mass is 10.1. The Labute approximate surface area is 96.6 Å². The summed E-state index contributed by atoms with van der Waals surface area (Å²) in [6.45, 7) is 5.89. The van der Waals surface area contributed by atoms with Crippen molar-refractivity contribution in [2.45, 2.75) is 20.8 Å². The second-order valence-electron chi connectivity index (χ2n) is 3.56. The maximum Gasteiger partial charge on any atom is 0.223 e. The van der Waals surface area contributed by atoms with Crippen molar-refractivity contribution in [1.82, 2.24) is 10.1 Å². The topological polar surface area (TPSA) is 38.9 Å². The first kappa shape index (κ1) is 10.4. The Balaban J connectivity index is 2.55. The van der Waals surface area contributed by atoms with E-state index in [4.69, 9.17) is 4.52 Å². The van der Waals surface area contributed by atoms with Gasteiger partial charge < -0.3 is 4.52 Å². The Bertz CT molecular complexity index is 482. The first-order chi connectivity index (χ1) is 7.08. The molecule has 0 saturated heterocycles. The molecule has 0 atom stereocenters. The lowest BCUT2D eigenvalue weighted by Gasteiger charge is -2.04. The van der Waals surface area contributed by atoms with Gasteiger partial charge in [0.15, 0.2) is 0 Å². The van der Waals surface area contributed by atoms with Crippen molar-refractivity contribution in [3.63, 3.8) is 0 Å². The molecule has 2 rings (SSSR count). The molecule has 0 radical (unpaired) electrons. The van der Waals surface area contributed by atoms with Crippen molar-refractivity contribution in [2.75, 3.05) is 0 Å². The van der Waals surface area contributed by atoms with Gasteiger partial charge >= 0.3 is 0 Å². The Kier molecular flexibility index (Phi) is 2.61. The molecule has 3 nitrogen and oxygen atoms in total. The minimum atomic E-state index is 0.586. The smallest absolute Gasteiger partial charge is 0.223 e. The maximum absolute atomic E-state index is 4.96. The van der Waals surface area contributed by atoms with Crippen molar-refractivity contribution in [3.8, 4) is 11.4 Å². The molecule has 1 heterocycles. The van der Waals surface area contributed by atoms with E-state index in [9.17, 15) is 0 Å². The van der Waals surface area contributed by atoms with Gasteiger partial charge in [0, 0.05) is 17.0 Å². The van der Waals surface area contributed by atoms with Gasteiger partial charge in [-0.25, -0.2) is 0 Å². The predicted octanol–water partition coefficient (Wildman–Crippen LogP) is 3.42. The van der Waals surface area contributed by atoms with Gasteiger partial charge in [0.1, 0.15) is 0 Å².